The molecule has 1 aliphatic rings. The number of unbranched alkanes of at least 4 members (excludes halogenated alkanes) is 3. The lowest BCUT2D eigenvalue weighted by Gasteiger charge is -2.25. The second-order valence-corrected chi connectivity index (χ2v) is 4.60. The summed E-state index contributed by atoms with van der Waals surface area (Å²) in [6.45, 7) is 3.14. The fourth-order valence-electron chi connectivity index (χ4n) is 2.17. The highest BCUT2D eigenvalue weighted by Gasteiger charge is 2.20. The van der Waals surface area contributed by atoms with Crippen LogP contribution >= 0.6 is 0 Å². The summed E-state index contributed by atoms with van der Waals surface area (Å²) in [7, 11) is 0. The van der Waals surface area contributed by atoms with Crippen LogP contribution in [0.5, 0.6) is 0 Å². The summed E-state index contributed by atoms with van der Waals surface area (Å²) < 4.78 is 5.81. The smallest absolute Gasteiger partial charge is 0.123 e. The average Bonchev–Trinajstić information content (AvgIpc) is 2.30. The third kappa shape index (κ3) is 5.31. The van der Waals surface area contributed by atoms with E-state index in [0.29, 0.717) is 12.0 Å². The normalized spacial score (nSPS) is 26.5. The number of carbonyl (C=O) groups excluding carboxylic acids is 1. The number of ether oxygens (including phenoxy) is 1. The summed E-state index contributed by atoms with van der Waals surface area (Å²) in [5.74, 6) is 0.310. The number of rotatable bonds is 7. The largest absolute Gasteiger partial charge is 0.378 e. The van der Waals surface area contributed by atoms with Crippen LogP contribution in [0.25, 0.3) is 0 Å². The van der Waals surface area contributed by atoms with Gasteiger partial charge in [0.2, 0.25) is 0 Å². The molecule has 0 unspecified atom stereocenters. The van der Waals surface area contributed by atoms with Crippen molar-refractivity contribution in [2.45, 2.75) is 64.4 Å². The zero-order valence-electron chi connectivity index (χ0n) is 9.91. The molecule has 0 atom stereocenters. The standard InChI is InChI=1S/C13H24O2/c1-2-3-4-5-10-15-13-8-6-12(11-14)7-9-13/h11-13H,2-10H2,1H3. The van der Waals surface area contributed by atoms with E-state index in [2.05, 4.69) is 6.92 Å². The first kappa shape index (κ1) is 12.7. The van der Waals surface area contributed by atoms with E-state index in [1.165, 1.54) is 25.7 Å². The molecule has 88 valence electrons. The molecular weight excluding hydrogens is 188 g/mol. The predicted octanol–water partition coefficient (Wildman–Crippen LogP) is 3.34. The molecule has 1 aliphatic carbocycles. The van der Waals surface area contributed by atoms with Gasteiger partial charge in [0.15, 0.2) is 0 Å². The van der Waals surface area contributed by atoms with Crippen LogP contribution in [0.3, 0.4) is 0 Å². The number of hydrogen-bond acceptors (Lipinski definition) is 2. The molecule has 1 rings (SSSR count). The van der Waals surface area contributed by atoms with Crippen LogP contribution in [-0.2, 0) is 9.53 Å². The van der Waals surface area contributed by atoms with Crippen molar-refractivity contribution in [3.8, 4) is 0 Å². The van der Waals surface area contributed by atoms with Crippen LogP contribution in [0.1, 0.15) is 58.3 Å². The van der Waals surface area contributed by atoms with Crippen LogP contribution in [-0.4, -0.2) is 19.0 Å². The first-order valence-corrected chi connectivity index (χ1v) is 6.43. The Morgan fingerprint density at radius 2 is 1.87 bits per heavy atom. The molecule has 2 heteroatoms. The quantitative estimate of drug-likeness (QED) is 0.478. The van der Waals surface area contributed by atoms with Gasteiger partial charge < -0.3 is 9.53 Å². The highest BCUT2D eigenvalue weighted by atomic mass is 16.5. The third-order valence-corrected chi connectivity index (χ3v) is 3.26. The van der Waals surface area contributed by atoms with Gasteiger partial charge in [0.05, 0.1) is 6.10 Å². The molecule has 0 amide bonds. The van der Waals surface area contributed by atoms with Crippen molar-refractivity contribution >= 4 is 6.29 Å². The Balaban J connectivity index is 1.96. The van der Waals surface area contributed by atoms with E-state index < -0.39 is 0 Å². The van der Waals surface area contributed by atoms with Crippen molar-refractivity contribution in [3.05, 3.63) is 0 Å². The Bertz CT molecular complexity index is 160. The zero-order chi connectivity index (χ0) is 10.9. The lowest BCUT2D eigenvalue weighted by molar-refractivity contribution is -0.112. The Morgan fingerprint density at radius 1 is 1.13 bits per heavy atom. The van der Waals surface area contributed by atoms with E-state index in [9.17, 15) is 4.79 Å². The molecule has 15 heavy (non-hydrogen) atoms. The first-order chi connectivity index (χ1) is 7.36. The summed E-state index contributed by atoms with van der Waals surface area (Å²) in [5, 5.41) is 0. The van der Waals surface area contributed by atoms with Gasteiger partial charge in [-0.25, -0.2) is 0 Å². The van der Waals surface area contributed by atoms with Crippen molar-refractivity contribution in [1.29, 1.82) is 0 Å². The molecule has 0 bridgehead atoms. The lowest BCUT2D eigenvalue weighted by Crippen LogP contribution is -2.22. The number of hydrogen-bond donors (Lipinski definition) is 0. The Kier molecular flexibility index (Phi) is 6.66. The Hall–Kier alpha value is -0.370. The lowest BCUT2D eigenvalue weighted by atomic mass is 9.88. The fourth-order valence-corrected chi connectivity index (χ4v) is 2.17. The highest BCUT2D eigenvalue weighted by molar-refractivity contribution is 5.53. The third-order valence-electron chi connectivity index (χ3n) is 3.26. The predicted molar refractivity (Wildman–Crippen MR) is 61.9 cm³/mol. The Labute approximate surface area is 93.4 Å². The first-order valence-electron chi connectivity index (χ1n) is 6.43. The molecule has 0 heterocycles. The summed E-state index contributed by atoms with van der Waals surface area (Å²) in [6.07, 6.45) is 10.9. The van der Waals surface area contributed by atoms with Crippen LogP contribution in [0.2, 0.25) is 0 Å². The van der Waals surface area contributed by atoms with Gasteiger partial charge in [0, 0.05) is 12.5 Å². The van der Waals surface area contributed by atoms with Gasteiger partial charge in [-0.2, -0.15) is 0 Å². The fraction of sp³-hybridized carbons (Fsp3) is 0.923. The molecule has 1 saturated carbocycles. The van der Waals surface area contributed by atoms with Crippen molar-refractivity contribution in [2.75, 3.05) is 6.61 Å². The monoisotopic (exact) mass is 212 g/mol. The van der Waals surface area contributed by atoms with Gasteiger partial charge in [0.1, 0.15) is 6.29 Å². The summed E-state index contributed by atoms with van der Waals surface area (Å²) in [5.41, 5.74) is 0. The van der Waals surface area contributed by atoms with E-state index in [1.54, 1.807) is 0 Å². The van der Waals surface area contributed by atoms with Crippen molar-refractivity contribution in [3.63, 3.8) is 0 Å². The van der Waals surface area contributed by atoms with E-state index in [0.717, 1.165) is 38.6 Å². The molecule has 0 saturated heterocycles. The van der Waals surface area contributed by atoms with Gasteiger partial charge in [-0.1, -0.05) is 26.2 Å². The van der Waals surface area contributed by atoms with Crippen LogP contribution in [0.15, 0.2) is 0 Å². The minimum absolute atomic E-state index is 0.310. The number of aldehydes is 1. The highest BCUT2D eigenvalue weighted by Crippen LogP contribution is 2.24. The molecular formula is C13H24O2. The van der Waals surface area contributed by atoms with E-state index >= 15 is 0 Å². The van der Waals surface area contributed by atoms with Gasteiger partial charge in [-0.3, -0.25) is 0 Å². The van der Waals surface area contributed by atoms with E-state index in [4.69, 9.17) is 4.74 Å². The maximum atomic E-state index is 10.6. The van der Waals surface area contributed by atoms with Crippen LogP contribution in [0.4, 0.5) is 0 Å². The minimum Gasteiger partial charge on any atom is -0.378 e. The van der Waals surface area contributed by atoms with Crippen molar-refractivity contribution in [2.24, 2.45) is 5.92 Å². The van der Waals surface area contributed by atoms with Gasteiger partial charge >= 0.3 is 0 Å². The van der Waals surface area contributed by atoms with Gasteiger partial charge in [-0.05, 0) is 32.1 Å². The zero-order valence-corrected chi connectivity index (χ0v) is 9.91. The molecule has 0 aromatic carbocycles. The average molecular weight is 212 g/mol. The maximum absolute atomic E-state index is 10.6. The summed E-state index contributed by atoms with van der Waals surface area (Å²) in [6, 6.07) is 0. The van der Waals surface area contributed by atoms with Gasteiger partial charge in [-0.15, -0.1) is 0 Å². The molecule has 0 aromatic rings. The minimum atomic E-state index is 0.310. The summed E-state index contributed by atoms with van der Waals surface area (Å²) in [4.78, 5) is 10.6. The van der Waals surface area contributed by atoms with E-state index in [1.807, 2.05) is 0 Å². The number of carbonyl (C=O) groups is 1. The topological polar surface area (TPSA) is 26.3 Å². The second-order valence-electron chi connectivity index (χ2n) is 4.60. The summed E-state index contributed by atoms with van der Waals surface area (Å²) >= 11 is 0. The van der Waals surface area contributed by atoms with Crippen LogP contribution < -0.4 is 0 Å². The van der Waals surface area contributed by atoms with Crippen LogP contribution in [0, 0.1) is 5.92 Å². The molecule has 1 fully saturated rings. The molecule has 0 aliphatic heterocycles. The molecule has 0 spiro atoms. The Morgan fingerprint density at radius 3 is 2.47 bits per heavy atom. The SMILES string of the molecule is CCCCCCOC1CCC(C=O)CC1. The molecule has 0 N–H and O–H groups in total. The van der Waals surface area contributed by atoms with Crippen molar-refractivity contribution < 1.29 is 9.53 Å². The maximum Gasteiger partial charge on any atom is 0.123 e. The molecule has 0 aromatic heterocycles. The van der Waals surface area contributed by atoms with Crippen molar-refractivity contribution in [1.82, 2.24) is 0 Å². The van der Waals surface area contributed by atoms with E-state index in [-0.39, 0.29) is 0 Å². The van der Waals surface area contributed by atoms with Gasteiger partial charge in [0.25, 0.3) is 0 Å². The molecule has 0 radical (unpaired) electrons. The molecule has 2 nitrogen and oxygen atoms in total. The second kappa shape index (κ2) is 7.86.